The average Bonchev–Trinajstić information content (AvgIpc) is 3.97. The van der Waals surface area contributed by atoms with Crippen molar-refractivity contribution >= 4 is 60.9 Å². The number of thiazole rings is 1. The van der Waals surface area contributed by atoms with Gasteiger partial charge in [0.25, 0.3) is 0 Å². The molecule has 10 heteroatoms. The number of nitrogens with one attached hydrogen (secondary N) is 2. The molecule has 3 fully saturated rings. The van der Waals surface area contributed by atoms with Crippen LogP contribution in [0.1, 0.15) is 103 Å². The predicted octanol–water partition coefficient (Wildman–Crippen LogP) is 13.7. The van der Waals surface area contributed by atoms with Gasteiger partial charge in [0, 0.05) is 91.5 Å². The van der Waals surface area contributed by atoms with E-state index in [-0.39, 0.29) is 5.92 Å². The van der Waals surface area contributed by atoms with Crippen LogP contribution in [-0.4, -0.2) is 63.9 Å². The van der Waals surface area contributed by atoms with Crippen molar-refractivity contribution in [1.82, 2.24) is 30.0 Å². The molecule has 370 valence electrons. The van der Waals surface area contributed by atoms with E-state index in [0.717, 1.165) is 126 Å². The second-order valence-corrected chi connectivity index (χ2v) is 22.2. The van der Waals surface area contributed by atoms with Gasteiger partial charge in [-0.15, -0.1) is 0 Å². The third-order valence-corrected chi connectivity index (χ3v) is 17.4. The zero-order valence-corrected chi connectivity index (χ0v) is 43.4. The number of anilines is 3. The number of unbranched alkanes of at least 4 members (excludes halogenated alkanes) is 1. The molecule has 0 spiro atoms. The fraction of sp³-hybridized carbons (Fsp3) is 0.371. The third kappa shape index (κ3) is 10.1. The Bertz CT molecular complexity index is 3130. The number of rotatable bonds is 15. The van der Waals surface area contributed by atoms with E-state index in [9.17, 15) is 0 Å². The molecule has 0 amide bonds. The topological polar surface area (TPSA) is 77.4 Å². The van der Waals surface area contributed by atoms with E-state index in [4.69, 9.17) is 15.1 Å². The van der Waals surface area contributed by atoms with Gasteiger partial charge >= 0.3 is 0 Å². The molecule has 1 aliphatic carbocycles. The Labute approximate surface area is 431 Å². The highest BCUT2D eigenvalue weighted by Crippen LogP contribution is 2.39. The molecule has 3 aromatic heterocycles. The second-order valence-electron chi connectivity index (χ2n) is 21.1. The van der Waals surface area contributed by atoms with Crippen LogP contribution >= 0.6 is 11.3 Å². The normalized spacial score (nSPS) is 19.7. The second kappa shape index (κ2) is 20.9. The highest BCUT2D eigenvalue weighted by atomic mass is 32.1. The van der Waals surface area contributed by atoms with Crippen LogP contribution in [0.15, 0.2) is 129 Å². The van der Waals surface area contributed by atoms with Crippen molar-refractivity contribution in [3.8, 4) is 11.1 Å². The summed E-state index contributed by atoms with van der Waals surface area (Å²) >= 11 is 1.66. The lowest BCUT2D eigenvalue weighted by atomic mass is 9.77. The number of para-hydroxylation sites is 1. The molecule has 2 N–H and O–H groups in total. The van der Waals surface area contributed by atoms with Gasteiger partial charge in [0.05, 0.1) is 27.1 Å². The molecular formula is C62H71N9S. The number of piperidine rings is 1. The number of allylic oxidation sites excluding steroid dienone is 2. The minimum absolute atomic E-state index is 0.223. The minimum atomic E-state index is 0.223. The van der Waals surface area contributed by atoms with Crippen LogP contribution in [0, 0.1) is 18.8 Å². The molecule has 6 heterocycles. The number of nitrogens with zero attached hydrogens (tertiary/aromatic N) is 7. The molecule has 1 atom stereocenters. The Hall–Kier alpha value is -6.49. The van der Waals surface area contributed by atoms with Crippen molar-refractivity contribution in [3.05, 3.63) is 168 Å². The molecule has 1 unspecified atom stereocenters. The molecule has 0 bridgehead atoms. The molecule has 4 aromatic carbocycles. The number of aromatic nitrogens is 4. The molecule has 0 radical (unpaired) electrons. The fourth-order valence-corrected chi connectivity index (χ4v) is 13.2. The summed E-state index contributed by atoms with van der Waals surface area (Å²) in [7, 11) is 2.07. The Kier molecular flexibility index (Phi) is 13.9. The summed E-state index contributed by atoms with van der Waals surface area (Å²) < 4.78 is 3.22. The zero-order valence-electron chi connectivity index (χ0n) is 42.6. The summed E-state index contributed by atoms with van der Waals surface area (Å²) in [6.45, 7) is 26.7. The van der Waals surface area contributed by atoms with Crippen molar-refractivity contribution in [1.29, 1.82) is 0 Å². The Balaban J connectivity index is 0.625. The lowest BCUT2D eigenvalue weighted by molar-refractivity contribution is 0.234. The number of benzene rings is 4. The van der Waals surface area contributed by atoms with Gasteiger partial charge in [0.2, 0.25) is 0 Å². The molecule has 3 aliphatic heterocycles. The third-order valence-electron chi connectivity index (χ3n) is 16.4. The van der Waals surface area contributed by atoms with Gasteiger partial charge in [0.1, 0.15) is 5.82 Å². The lowest BCUT2D eigenvalue weighted by Crippen LogP contribution is -2.46. The van der Waals surface area contributed by atoms with Crippen LogP contribution in [-0.2, 0) is 26.4 Å². The van der Waals surface area contributed by atoms with Gasteiger partial charge in [-0.25, -0.2) is 9.97 Å². The molecule has 4 aliphatic rings. The highest BCUT2D eigenvalue weighted by Gasteiger charge is 2.28. The quantitative estimate of drug-likeness (QED) is 0.0984. The van der Waals surface area contributed by atoms with Crippen molar-refractivity contribution in [2.24, 2.45) is 18.9 Å². The number of aryl methyl sites for hydroxylation is 2. The molecular weight excluding hydrogens is 903 g/mol. The average molecular weight is 974 g/mol. The van der Waals surface area contributed by atoms with Gasteiger partial charge in [-0.1, -0.05) is 112 Å². The van der Waals surface area contributed by atoms with E-state index < -0.39 is 0 Å². The molecule has 1 saturated carbocycles. The summed E-state index contributed by atoms with van der Waals surface area (Å²) in [6.07, 6.45) is 15.5. The first-order valence-electron chi connectivity index (χ1n) is 26.6. The van der Waals surface area contributed by atoms with Crippen LogP contribution in [0.3, 0.4) is 0 Å². The van der Waals surface area contributed by atoms with Crippen LogP contribution in [0.4, 0.5) is 16.6 Å². The van der Waals surface area contributed by atoms with Gasteiger partial charge in [-0.2, -0.15) is 5.10 Å². The van der Waals surface area contributed by atoms with E-state index in [1.165, 1.54) is 107 Å². The summed E-state index contributed by atoms with van der Waals surface area (Å²) in [5, 5.41) is 14.0. The maximum absolute atomic E-state index is 5.23. The molecule has 2 saturated heterocycles. The van der Waals surface area contributed by atoms with Gasteiger partial charge in [0.15, 0.2) is 5.13 Å². The summed E-state index contributed by atoms with van der Waals surface area (Å²) in [6, 6.07) is 33.3. The van der Waals surface area contributed by atoms with E-state index in [1.54, 1.807) is 11.3 Å². The van der Waals surface area contributed by atoms with E-state index in [0.29, 0.717) is 0 Å². The zero-order chi connectivity index (χ0) is 49.3. The SMILES string of the molecule is C=Cc1nc(N2CCc3cccc(C(=C)Nc4nc5ccccc5s4)c3C2)ccc1-c1ccc(CC2CCC(CCCCN3CCN(c4ccc5c(C6CCC(=C)NC6=C)nn(C)c5c4)CC3)CC2)cc1C. The first-order chi connectivity index (χ1) is 35.1. The van der Waals surface area contributed by atoms with E-state index >= 15 is 0 Å². The number of hydrogen-bond donors (Lipinski definition) is 2. The van der Waals surface area contributed by atoms with Crippen molar-refractivity contribution in [2.45, 2.75) is 90.0 Å². The van der Waals surface area contributed by atoms with Crippen molar-refractivity contribution in [2.75, 3.05) is 54.4 Å². The number of hydrogen-bond acceptors (Lipinski definition) is 9. The standard InChI is InChI=1S/C62H71N9S/c1-7-56-53(28-29-60(65-56)71-32-30-48-14-12-15-51(55(48)40-71)43(4)64-62-66-57-16-8-9-17-59(57)72-62)50-26-23-47(37-41(50)2)38-46-21-19-45(20-22-46)13-10-11-31-69-33-35-70(36-34-69)49-24-27-54-58(39-49)68(6)67-61(54)52-25-18-42(3)63-44(52)5/h7-9,12,14-17,23-24,26-29,37,39,45-46,52,63H,1,3-5,10-11,13,18-22,25,30-36,38,40H2,2,6H3,(H,64,66). The number of fused-ring (bicyclic) bond motifs is 3. The smallest absolute Gasteiger partial charge is 0.188 e. The Morgan fingerprint density at radius 3 is 2.44 bits per heavy atom. The van der Waals surface area contributed by atoms with Gasteiger partial charge in [-0.3, -0.25) is 9.58 Å². The maximum Gasteiger partial charge on any atom is 0.188 e. The summed E-state index contributed by atoms with van der Waals surface area (Å²) in [5.74, 6) is 2.87. The van der Waals surface area contributed by atoms with Crippen LogP contribution in [0.5, 0.6) is 0 Å². The fourth-order valence-electron chi connectivity index (χ4n) is 12.3. The number of pyridine rings is 1. The summed E-state index contributed by atoms with van der Waals surface area (Å²) in [5.41, 5.74) is 17.5. The lowest BCUT2D eigenvalue weighted by Gasteiger charge is -2.36. The first kappa shape index (κ1) is 47.8. The summed E-state index contributed by atoms with van der Waals surface area (Å²) in [4.78, 5) is 17.7. The first-order valence-corrected chi connectivity index (χ1v) is 27.4. The monoisotopic (exact) mass is 974 g/mol. The molecule has 7 aromatic rings. The Morgan fingerprint density at radius 1 is 0.819 bits per heavy atom. The van der Waals surface area contributed by atoms with Crippen molar-refractivity contribution in [3.63, 3.8) is 0 Å². The number of piperazine rings is 1. The van der Waals surface area contributed by atoms with Crippen LogP contribution < -0.4 is 20.4 Å². The van der Waals surface area contributed by atoms with Crippen LogP contribution in [0.25, 0.3) is 44.0 Å². The Morgan fingerprint density at radius 2 is 1.64 bits per heavy atom. The van der Waals surface area contributed by atoms with Gasteiger partial charge in [-0.05, 0) is 147 Å². The highest BCUT2D eigenvalue weighted by molar-refractivity contribution is 7.22. The van der Waals surface area contributed by atoms with Crippen molar-refractivity contribution < 1.29 is 0 Å². The maximum atomic E-state index is 5.23. The van der Waals surface area contributed by atoms with Gasteiger partial charge < -0.3 is 20.4 Å². The molecule has 11 rings (SSSR count). The van der Waals surface area contributed by atoms with E-state index in [1.807, 2.05) is 12.1 Å². The van der Waals surface area contributed by atoms with E-state index in [2.05, 4.69) is 155 Å². The minimum Gasteiger partial charge on any atom is -0.369 e. The molecule has 9 nitrogen and oxygen atoms in total. The predicted molar refractivity (Wildman–Crippen MR) is 304 cm³/mol. The largest absolute Gasteiger partial charge is 0.369 e. The molecule has 72 heavy (non-hydrogen) atoms. The van der Waals surface area contributed by atoms with Crippen LogP contribution in [0.2, 0.25) is 0 Å².